The van der Waals surface area contributed by atoms with E-state index in [-0.39, 0.29) is 0 Å². The van der Waals surface area contributed by atoms with Gasteiger partial charge in [-0.1, -0.05) is 34.1 Å². The summed E-state index contributed by atoms with van der Waals surface area (Å²) in [6.45, 7) is 12.9. The predicted molar refractivity (Wildman–Crippen MR) is 89.6 cm³/mol. The molecule has 2 heterocycles. The number of Topliss-reactive ketones (excluding diaryl/α,β-unsaturated/α-hetero) is 1. The summed E-state index contributed by atoms with van der Waals surface area (Å²) in [6, 6.07) is 0. The van der Waals surface area contributed by atoms with Gasteiger partial charge in [0.25, 0.3) is 0 Å². The van der Waals surface area contributed by atoms with Crippen LogP contribution in [-0.4, -0.2) is 40.1 Å². The van der Waals surface area contributed by atoms with E-state index in [1.54, 1.807) is 6.92 Å². The van der Waals surface area contributed by atoms with Crippen LogP contribution in [0.15, 0.2) is 12.4 Å². The number of aromatic nitrogens is 2. The van der Waals surface area contributed by atoms with E-state index < -0.39 is 0 Å². The Morgan fingerprint density at radius 2 is 1.81 bits per heavy atom. The SMILES string of the molecule is CC.CC(=O)CN1CCCCC1.CC(C)c1cnn(C)c1. The van der Waals surface area contributed by atoms with Crippen LogP contribution in [0.3, 0.4) is 0 Å². The van der Waals surface area contributed by atoms with Crippen molar-refractivity contribution in [3.63, 3.8) is 0 Å². The minimum atomic E-state index is 0.293. The number of carbonyl (C=O) groups excluding carboxylic acids is 1. The fraction of sp³-hybridized carbons (Fsp3) is 0.765. The maximum atomic E-state index is 10.7. The van der Waals surface area contributed by atoms with Crippen molar-refractivity contribution in [2.75, 3.05) is 19.6 Å². The maximum absolute atomic E-state index is 10.7. The fourth-order valence-electron chi connectivity index (χ4n) is 2.17. The summed E-state index contributed by atoms with van der Waals surface area (Å²) < 4.78 is 1.83. The summed E-state index contributed by atoms with van der Waals surface area (Å²) in [5.41, 5.74) is 1.30. The first-order chi connectivity index (χ1) is 9.99. The fourth-order valence-corrected chi connectivity index (χ4v) is 2.17. The van der Waals surface area contributed by atoms with Crippen molar-refractivity contribution in [1.82, 2.24) is 14.7 Å². The summed E-state index contributed by atoms with van der Waals surface area (Å²) >= 11 is 0. The molecule has 0 aliphatic carbocycles. The Morgan fingerprint density at radius 1 is 1.24 bits per heavy atom. The number of nitrogens with zero attached hydrogens (tertiary/aromatic N) is 3. The van der Waals surface area contributed by atoms with Crippen LogP contribution in [-0.2, 0) is 11.8 Å². The lowest BCUT2D eigenvalue weighted by atomic mass is 10.1. The van der Waals surface area contributed by atoms with Crippen LogP contribution in [0.4, 0.5) is 0 Å². The molecule has 0 amide bonds. The number of hydrogen-bond donors (Lipinski definition) is 0. The van der Waals surface area contributed by atoms with Crippen molar-refractivity contribution in [3.05, 3.63) is 18.0 Å². The third-order valence-electron chi connectivity index (χ3n) is 3.29. The van der Waals surface area contributed by atoms with Crippen LogP contribution in [0.2, 0.25) is 0 Å². The van der Waals surface area contributed by atoms with Gasteiger partial charge in [-0.25, -0.2) is 0 Å². The van der Waals surface area contributed by atoms with Crippen molar-refractivity contribution in [1.29, 1.82) is 0 Å². The van der Waals surface area contributed by atoms with Gasteiger partial charge in [0.2, 0.25) is 0 Å². The molecule has 4 heteroatoms. The first kappa shape index (κ1) is 19.8. The van der Waals surface area contributed by atoms with Gasteiger partial charge in [0, 0.05) is 13.2 Å². The second kappa shape index (κ2) is 11.5. The minimum Gasteiger partial charge on any atom is -0.299 e. The van der Waals surface area contributed by atoms with E-state index >= 15 is 0 Å². The van der Waals surface area contributed by atoms with Crippen molar-refractivity contribution >= 4 is 5.78 Å². The molecular weight excluding hydrogens is 262 g/mol. The van der Waals surface area contributed by atoms with Crippen LogP contribution in [0.1, 0.15) is 65.4 Å². The number of piperidine rings is 1. The molecule has 21 heavy (non-hydrogen) atoms. The summed E-state index contributed by atoms with van der Waals surface area (Å²) in [6.07, 6.45) is 7.84. The summed E-state index contributed by atoms with van der Waals surface area (Å²) in [7, 11) is 1.94. The molecule has 0 aromatic carbocycles. The number of rotatable bonds is 3. The number of carbonyl (C=O) groups is 1. The molecule has 0 atom stereocenters. The molecule has 0 saturated carbocycles. The molecule has 1 aromatic heterocycles. The Morgan fingerprint density at radius 3 is 2.14 bits per heavy atom. The molecule has 0 unspecified atom stereocenters. The second-order valence-corrected chi connectivity index (χ2v) is 5.64. The van der Waals surface area contributed by atoms with E-state index in [4.69, 9.17) is 0 Å². The number of ketones is 1. The Hall–Kier alpha value is -1.16. The zero-order valence-corrected chi connectivity index (χ0v) is 14.7. The Kier molecular flexibility index (Phi) is 10.9. The van der Waals surface area contributed by atoms with Crippen LogP contribution >= 0.6 is 0 Å². The summed E-state index contributed by atoms with van der Waals surface area (Å²) in [5, 5.41) is 4.05. The molecule has 1 saturated heterocycles. The highest BCUT2D eigenvalue weighted by molar-refractivity contribution is 5.77. The van der Waals surface area contributed by atoms with Gasteiger partial charge in [-0.3, -0.25) is 14.4 Å². The molecule has 0 radical (unpaired) electrons. The van der Waals surface area contributed by atoms with Gasteiger partial charge in [-0.15, -0.1) is 0 Å². The van der Waals surface area contributed by atoms with Gasteiger partial charge in [0.15, 0.2) is 0 Å². The molecule has 0 spiro atoms. The van der Waals surface area contributed by atoms with Gasteiger partial charge in [-0.2, -0.15) is 5.10 Å². The van der Waals surface area contributed by atoms with E-state index in [2.05, 4.69) is 23.8 Å². The highest BCUT2D eigenvalue weighted by Gasteiger charge is 2.10. The van der Waals surface area contributed by atoms with Crippen LogP contribution in [0, 0.1) is 0 Å². The average molecular weight is 295 g/mol. The van der Waals surface area contributed by atoms with Crippen molar-refractivity contribution < 1.29 is 4.79 Å². The third-order valence-corrected chi connectivity index (χ3v) is 3.29. The molecule has 2 rings (SSSR count). The molecule has 1 aliphatic rings. The van der Waals surface area contributed by atoms with E-state index in [0.717, 1.165) is 13.1 Å². The topological polar surface area (TPSA) is 38.1 Å². The molecule has 0 N–H and O–H groups in total. The first-order valence-electron chi connectivity index (χ1n) is 8.19. The zero-order valence-electron chi connectivity index (χ0n) is 14.7. The molecule has 4 nitrogen and oxygen atoms in total. The van der Waals surface area contributed by atoms with Crippen molar-refractivity contribution in [3.8, 4) is 0 Å². The molecule has 1 fully saturated rings. The van der Waals surface area contributed by atoms with Gasteiger partial charge in [-0.05, 0) is 44.3 Å². The molecule has 122 valence electrons. The molecule has 1 aromatic rings. The van der Waals surface area contributed by atoms with Gasteiger partial charge in [0.05, 0.1) is 12.7 Å². The zero-order chi connectivity index (χ0) is 16.3. The lowest BCUT2D eigenvalue weighted by molar-refractivity contribution is -0.118. The predicted octanol–water partition coefficient (Wildman–Crippen LogP) is 3.63. The van der Waals surface area contributed by atoms with Crippen LogP contribution in [0.25, 0.3) is 0 Å². The highest BCUT2D eigenvalue weighted by Crippen LogP contribution is 2.10. The average Bonchev–Trinajstić information content (AvgIpc) is 2.89. The van der Waals surface area contributed by atoms with Crippen LogP contribution < -0.4 is 0 Å². The Balaban J connectivity index is 0.000000342. The van der Waals surface area contributed by atoms with Crippen LogP contribution in [0.5, 0.6) is 0 Å². The quantitative estimate of drug-likeness (QED) is 0.854. The standard InChI is InChI=1S/C8H15NO.C7H12N2.C2H6/c1-8(10)7-9-5-3-2-4-6-9;1-6(2)7-4-8-9(3)5-7;1-2/h2-7H2,1H3;4-6H,1-3H3;1-2H3. The lowest BCUT2D eigenvalue weighted by Crippen LogP contribution is -2.33. The van der Waals surface area contributed by atoms with E-state index in [1.165, 1.54) is 24.8 Å². The van der Waals surface area contributed by atoms with E-state index in [0.29, 0.717) is 18.2 Å². The van der Waals surface area contributed by atoms with Gasteiger partial charge >= 0.3 is 0 Å². The van der Waals surface area contributed by atoms with Gasteiger partial charge < -0.3 is 0 Å². The summed E-state index contributed by atoms with van der Waals surface area (Å²) in [4.78, 5) is 12.9. The maximum Gasteiger partial charge on any atom is 0.143 e. The normalized spacial score (nSPS) is 14.8. The third kappa shape index (κ3) is 9.40. The Bertz CT molecular complexity index is 379. The number of likely N-dealkylation sites (tertiary alicyclic amines) is 1. The van der Waals surface area contributed by atoms with E-state index in [1.807, 2.05) is 38.0 Å². The lowest BCUT2D eigenvalue weighted by Gasteiger charge is -2.24. The summed E-state index contributed by atoms with van der Waals surface area (Å²) in [5.74, 6) is 0.889. The molecular formula is C17H33N3O. The first-order valence-corrected chi connectivity index (χ1v) is 8.19. The van der Waals surface area contributed by atoms with E-state index in [9.17, 15) is 4.79 Å². The molecule has 0 bridgehead atoms. The van der Waals surface area contributed by atoms with Crippen molar-refractivity contribution in [2.45, 2.75) is 59.8 Å². The smallest absolute Gasteiger partial charge is 0.143 e. The minimum absolute atomic E-state index is 0.293. The molecule has 1 aliphatic heterocycles. The number of aryl methyl sites for hydroxylation is 1. The Labute approximate surface area is 130 Å². The monoisotopic (exact) mass is 295 g/mol. The van der Waals surface area contributed by atoms with Crippen molar-refractivity contribution in [2.24, 2.45) is 7.05 Å². The largest absolute Gasteiger partial charge is 0.299 e. The highest BCUT2D eigenvalue weighted by atomic mass is 16.1. The second-order valence-electron chi connectivity index (χ2n) is 5.64. The number of hydrogen-bond acceptors (Lipinski definition) is 3. The van der Waals surface area contributed by atoms with Gasteiger partial charge in [0.1, 0.15) is 5.78 Å².